The van der Waals surface area contributed by atoms with Gasteiger partial charge in [0.15, 0.2) is 11.6 Å². The van der Waals surface area contributed by atoms with Gasteiger partial charge in [-0.25, -0.2) is 15.0 Å². The lowest BCUT2D eigenvalue weighted by Crippen LogP contribution is -2.00. The monoisotopic (exact) mass is 665 g/mol. The van der Waals surface area contributed by atoms with Crippen LogP contribution in [0.15, 0.2) is 174 Å². The highest BCUT2D eigenvalue weighted by Gasteiger charge is 2.18. The van der Waals surface area contributed by atoms with Gasteiger partial charge in [-0.2, -0.15) is 0 Å². The summed E-state index contributed by atoms with van der Waals surface area (Å²) in [5, 5.41) is 6.86. The maximum atomic E-state index is 6.63. The summed E-state index contributed by atoms with van der Waals surface area (Å²) in [5.41, 5.74) is 10.7. The molecule has 0 unspecified atom stereocenters. The Morgan fingerprint density at radius 2 is 0.904 bits per heavy atom. The predicted molar refractivity (Wildman–Crippen MR) is 214 cm³/mol. The van der Waals surface area contributed by atoms with E-state index in [-0.39, 0.29) is 0 Å². The minimum atomic E-state index is 0.665. The Kier molecular flexibility index (Phi) is 7.00. The van der Waals surface area contributed by atoms with Crippen molar-refractivity contribution >= 4 is 43.5 Å². The SMILES string of the molecule is Cc1nc(-c2ccccc2)nc(-c2cccc3c(-c4cccc5oc6cc(-c7ccc(-c8ccccc8)c8ccccc78)ccc6c45)cccc23)n1. The van der Waals surface area contributed by atoms with E-state index in [9.17, 15) is 0 Å². The zero-order chi connectivity index (χ0) is 34.6. The molecule has 0 fully saturated rings. The Balaban J connectivity index is 1.11. The van der Waals surface area contributed by atoms with Crippen LogP contribution < -0.4 is 0 Å². The highest BCUT2D eigenvalue weighted by molar-refractivity contribution is 6.17. The van der Waals surface area contributed by atoms with Crippen molar-refractivity contribution in [1.29, 1.82) is 0 Å². The van der Waals surface area contributed by atoms with Gasteiger partial charge in [0.1, 0.15) is 17.0 Å². The summed E-state index contributed by atoms with van der Waals surface area (Å²) in [4.78, 5) is 14.4. The van der Waals surface area contributed by atoms with Crippen molar-refractivity contribution in [2.75, 3.05) is 0 Å². The molecule has 0 aliphatic heterocycles. The number of fused-ring (bicyclic) bond motifs is 5. The average Bonchev–Trinajstić information content (AvgIpc) is 3.59. The predicted octanol–water partition coefficient (Wildman–Crippen LogP) is 12.7. The van der Waals surface area contributed by atoms with Crippen LogP contribution in [0.3, 0.4) is 0 Å². The number of hydrogen-bond donors (Lipinski definition) is 0. The first-order chi connectivity index (χ1) is 25.7. The lowest BCUT2D eigenvalue weighted by Gasteiger charge is -2.13. The summed E-state index contributed by atoms with van der Waals surface area (Å²) in [5.74, 6) is 2.02. The maximum absolute atomic E-state index is 6.63. The number of aromatic nitrogens is 3. The Morgan fingerprint density at radius 1 is 0.346 bits per heavy atom. The highest BCUT2D eigenvalue weighted by Crippen LogP contribution is 2.43. The fourth-order valence-corrected chi connectivity index (χ4v) is 7.70. The number of benzene rings is 8. The molecule has 10 rings (SSSR count). The van der Waals surface area contributed by atoms with E-state index >= 15 is 0 Å². The number of aryl methyl sites for hydroxylation is 1. The normalized spacial score (nSPS) is 11.6. The van der Waals surface area contributed by atoms with E-state index in [0.29, 0.717) is 17.5 Å². The standard InChI is InChI=1S/C48H31N3O/c1-30-49-47(32-15-6-3-7-16-32)51-48(50-30)42-23-11-19-38-39(20-10-21-40(38)42)41-22-12-24-44-46(41)43-26-25-33(29-45(43)52-44)35-28-27-34(31-13-4-2-5-14-31)36-17-8-9-18-37(35)36/h2-29H,1H3. The Hall–Kier alpha value is -6.91. The summed E-state index contributed by atoms with van der Waals surface area (Å²) >= 11 is 0. The Labute approximate surface area is 300 Å². The third-order valence-corrected chi connectivity index (χ3v) is 10.0. The minimum Gasteiger partial charge on any atom is -0.456 e. The highest BCUT2D eigenvalue weighted by atomic mass is 16.3. The van der Waals surface area contributed by atoms with Gasteiger partial charge in [0.05, 0.1) is 0 Å². The first-order valence-electron chi connectivity index (χ1n) is 17.5. The smallest absolute Gasteiger partial charge is 0.164 e. The number of hydrogen-bond acceptors (Lipinski definition) is 4. The van der Waals surface area contributed by atoms with Gasteiger partial charge in [0.25, 0.3) is 0 Å². The third-order valence-electron chi connectivity index (χ3n) is 10.0. The Morgan fingerprint density at radius 3 is 1.65 bits per heavy atom. The van der Waals surface area contributed by atoms with Gasteiger partial charge < -0.3 is 4.42 Å². The van der Waals surface area contributed by atoms with E-state index in [0.717, 1.165) is 60.5 Å². The van der Waals surface area contributed by atoms with Crippen LogP contribution >= 0.6 is 0 Å². The molecule has 0 atom stereocenters. The molecule has 0 aliphatic rings. The number of nitrogens with zero attached hydrogens (tertiary/aromatic N) is 3. The lowest BCUT2D eigenvalue weighted by atomic mass is 9.91. The van der Waals surface area contributed by atoms with Crippen LogP contribution in [0.25, 0.3) is 99.6 Å². The van der Waals surface area contributed by atoms with Gasteiger partial charge in [0, 0.05) is 21.9 Å². The molecule has 0 saturated carbocycles. The van der Waals surface area contributed by atoms with Crippen LogP contribution in [0.2, 0.25) is 0 Å². The molecule has 244 valence electrons. The second kappa shape index (κ2) is 12.1. The van der Waals surface area contributed by atoms with Crippen molar-refractivity contribution in [3.63, 3.8) is 0 Å². The van der Waals surface area contributed by atoms with E-state index in [1.807, 2.05) is 37.3 Å². The van der Waals surface area contributed by atoms with Crippen molar-refractivity contribution < 1.29 is 4.42 Å². The van der Waals surface area contributed by atoms with Crippen LogP contribution in [0.5, 0.6) is 0 Å². The minimum absolute atomic E-state index is 0.665. The molecule has 0 N–H and O–H groups in total. The Bertz CT molecular complexity index is 2970. The molecule has 10 aromatic rings. The lowest BCUT2D eigenvalue weighted by molar-refractivity contribution is 0.669. The molecule has 4 nitrogen and oxygen atoms in total. The van der Waals surface area contributed by atoms with Crippen molar-refractivity contribution in [2.24, 2.45) is 0 Å². The second-order valence-corrected chi connectivity index (χ2v) is 13.2. The van der Waals surface area contributed by atoms with Crippen LogP contribution in [0.1, 0.15) is 5.82 Å². The molecule has 8 aromatic carbocycles. The van der Waals surface area contributed by atoms with Crippen LogP contribution in [0, 0.1) is 6.92 Å². The van der Waals surface area contributed by atoms with Crippen molar-refractivity contribution in [1.82, 2.24) is 15.0 Å². The van der Waals surface area contributed by atoms with E-state index in [4.69, 9.17) is 14.4 Å². The summed E-state index contributed by atoms with van der Waals surface area (Å²) in [6, 6.07) is 59.6. The molecule has 0 radical (unpaired) electrons. The molecule has 0 spiro atoms. The van der Waals surface area contributed by atoms with Crippen molar-refractivity contribution in [3.8, 4) is 56.2 Å². The van der Waals surface area contributed by atoms with E-state index in [1.54, 1.807) is 0 Å². The van der Waals surface area contributed by atoms with Gasteiger partial charge in [-0.15, -0.1) is 0 Å². The third kappa shape index (κ3) is 4.96. The fraction of sp³-hybridized carbons (Fsp3) is 0.0208. The van der Waals surface area contributed by atoms with Crippen molar-refractivity contribution in [2.45, 2.75) is 6.92 Å². The molecule has 2 aromatic heterocycles. The molecule has 52 heavy (non-hydrogen) atoms. The summed E-state index contributed by atoms with van der Waals surface area (Å²) < 4.78 is 6.63. The maximum Gasteiger partial charge on any atom is 0.164 e. The van der Waals surface area contributed by atoms with E-state index in [2.05, 4.69) is 145 Å². The topological polar surface area (TPSA) is 51.8 Å². The van der Waals surface area contributed by atoms with Crippen LogP contribution in [-0.4, -0.2) is 15.0 Å². The van der Waals surface area contributed by atoms with E-state index < -0.39 is 0 Å². The largest absolute Gasteiger partial charge is 0.456 e. The summed E-state index contributed by atoms with van der Waals surface area (Å²) in [6.07, 6.45) is 0. The fourth-order valence-electron chi connectivity index (χ4n) is 7.70. The molecule has 0 amide bonds. The summed E-state index contributed by atoms with van der Waals surface area (Å²) in [7, 11) is 0. The molecule has 4 heteroatoms. The summed E-state index contributed by atoms with van der Waals surface area (Å²) in [6.45, 7) is 1.92. The van der Waals surface area contributed by atoms with E-state index in [1.165, 1.54) is 27.5 Å². The first-order valence-corrected chi connectivity index (χ1v) is 17.5. The number of rotatable bonds is 5. The van der Waals surface area contributed by atoms with Crippen LogP contribution in [0.4, 0.5) is 0 Å². The quantitative estimate of drug-likeness (QED) is 0.184. The van der Waals surface area contributed by atoms with Gasteiger partial charge >= 0.3 is 0 Å². The molecular weight excluding hydrogens is 635 g/mol. The first kappa shape index (κ1) is 30.0. The van der Waals surface area contributed by atoms with Gasteiger partial charge in [0.2, 0.25) is 0 Å². The molecule has 0 saturated heterocycles. The van der Waals surface area contributed by atoms with Gasteiger partial charge in [-0.05, 0) is 80.0 Å². The van der Waals surface area contributed by atoms with Crippen molar-refractivity contribution in [3.05, 3.63) is 176 Å². The molecule has 0 aliphatic carbocycles. The molecule has 2 heterocycles. The molecule has 0 bridgehead atoms. The molecular formula is C48H31N3O. The second-order valence-electron chi connectivity index (χ2n) is 13.2. The number of furan rings is 1. The van der Waals surface area contributed by atoms with Crippen LogP contribution in [-0.2, 0) is 0 Å². The zero-order valence-electron chi connectivity index (χ0n) is 28.4. The van der Waals surface area contributed by atoms with Gasteiger partial charge in [-0.3, -0.25) is 0 Å². The average molecular weight is 666 g/mol. The van der Waals surface area contributed by atoms with Gasteiger partial charge in [-0.1, -0.05) is 152 Å². The zero-order valence-corrected chi connectivity index (χ0v) is 28.4.